The summed E-state index contributed by atoms with van der Waals surface area (Å²) >= 11 is 0. The minimum atomic E-state index is -0.348. The highest BCUT2D eigenvalue weighted by molar-refractivity contribution is 5.93. The molecule has 0 saturated heterocycles. The van der Waals surface area contributed by atoms with Crippen molar-refractivity contribution in [1.82, 2.24) is 0 Å². The van der Waals surface area contributed by atoms with Crippen molar-refractivity contribution >= 4 is 11.7 Å². The summed E-state index contributed by atoms with van der Waals surface area (Å²) in [5.41, 5.74) is 2.19. The van der Waals surface area contributed by atoms with E-state index in [1.54, 1.807) is 6.08 Å². The molecular weight excluding hydrogens is 226 g/mol. The van der Waals surface area contributed by atoms with Crippen LogP contribution in [0.1, 0.15) is 34.1 Å². The summed E-state index contributed by atoms with van der Waals surface area (Å²) in [5, 5.41) is 0. The average Bonchev–Trinajstić information content (AvgIpc) is 2.31. The Labute approximate surface area is 110 Å². The first kappa shape index (κ1) is 16.4. The van der Waals surface area contributed by atoms with Gasteiger partial charge >= 0.3 is 5.97 Å². The predicted octanol–water partition coefficient (Wildman–Crippen LogP) is 3.48. The van der Waals surface area contributed by atoms with Crippen molar-refractivity contribution in [3.63, 3.8) is 0 Å². The van der Waals surface area contributed by atoms with Crippen LogP contribution in [-0.4, -0.2) is 24.8 Å². The Morgan fingerprint density at radius 2 is 1.89 bits per heavy atom. The second kappa shape index (κ2) is 9.40. The number of hydrogen-bond donors (Lipinski definition) is 0. The number of nitrogens with zero attached hydrogens (tertiary/aromatic N) is 1. The van der Waals surface area contributed by atoms with Crippen LogP contribution in [0.2, 0.25) is 0 Å². The van der Waals surface area contributed by atoms with E-state index in [1.807, 2.05) is 19.1 Å². The van der Waals surface area contributed by atoms with Gasteiger partial charge in [-0.25, -0.2) is 4.79 Å². The van der Waals surface area contributed by atoms with Crippen molar-refractivity contribution in [1.29, 1.82) is 0 Å². The highest BCUT2D eigenvalue weighted by Gasteiger charge is 1.93. The lowest BCUT2D eigenvalue weighted by Crippen LogP contribution is -1.96. The van der Waals surface area contributed by atoms with Crippen LogP contribution in [-0.2, 0) is 9.53 Å². The van der Waals surface area contributed by atoms with Gasteiger partial charge in [-0.05, 0) is 38.8 Å². The van der Waals surface area contributed by atoms with Gasteiger partial charge in [0.15, 0.2) is 0 Å². The Hall–Kier alpha value is -1.64. The summed E-state index contributed by atoms with van der Waals surface area (Å²) in [6, 6.07) is 0.308. The van der Waals surface area contributed by atoms with Gasteiger partial charge in [0, 0.05) is 17.8 Å². The number of aliphatic imine (C=N–C) groups is 1. The summed E-state index contributed by atoms with van der Waals surface area (Å²) in [6.07, 6.45) is 9.84. The molecule has 0 aromatic rings. The monoisotopic (exact) mass is 249 g/mol. The van der Waals surface area contributed by atoms with E-state index in [1.165, 1.54) is 18.8 Å². The number of carbonyl (C=O) groups excluding carboxylic acids is 1. The van der Waals surface area contributed by atoms with Crippen molar-refractivity contribution in [2.45, 2.75) is 40.2 Å². The largest absolute Gasteiger partial charge is 0.466 e. The van der Waals surface area contributed by atoms with Crippen LogP contribution in [0.3, 0.4) is 0 Å². The van der Waals surface area contributed by atoms with Gasteiger partial charge < -0.3 is 4.74 Å². The van der Waals surface area contributed by atoms with Gasteiger partial charge in [0.25, 0.3) is 0 Å². The Morgan fingerprint density at radius 3 is 2.39 bits per heavy atom. The number of esters is 1. The first-order chi connectivity index (χ1) is 8.49. The van der Waals surface area contributed by atoms with Gasteiger partial charge in [-0.2, -0.15) is 0 Å². The summed E-state index contributed by atoms with van der Waals surface area (Å²) in [7, 11) is 1.36. The SMILES string of the molecule is CCC(/C=C/C=C/C(=O)OC)=C\C(C)=NC(C)C. The molecule has 0 rings (SSSR count). The molecule has 100 valence electrons. The van der Waals surface area contributed by atoms with E-state index in [-0.39, 0.29) is 5.97 Å². The van der Waals surface area contributed by atoms with Crippen LogP contribution in [0.15, 0.2) is 40.9 Å². The van der Waals surface area contributed by atoms with Crippen LogP contribution < -0.4 is 0 Å². The molecular formula is C15H23NO2. The fourth-order valence-electron chi connectivity index (χ4n) is 1.36. The maximum Gasteiger partial charge on any atom is 0.330 e. The third-order valence-corrected chi connectivity index (χ3v) is 2.12. The molecule has 0 bridgehead atoms. The molecule has 0 aromatic carbocycles. The Balaban J connectivity index is 4.61. The molecule has 0 aliphatic heterocycles. The molecule has 0 fully saturated rings. The van der Waals surface area contributed by atoms with Crippen molar-refractivity contribution in [3.8, 4) is 0 Å². The first-order valence-corrected chi connectivity index (χ1v) is 6.17. The van der Waals surface area contributed by atoms with Gasteiger partial charge in [-0.1, -0.05) is 25.2 Å². The lowest BCUT2D eigenvalue weighted by molar-refractivity contribution is -0.134. The van der Waals surface area contributed by atoms with Gasteiger partial charge in [-0.3, -0.25) is 4.99 Å². The van der Waals surface area contributed by atoms with E-state index in [2.05, 4.69) is 36.6 Å². The average molecular weight is 249 g/mol. The van der Waals surface area contributed by atoms with Gasteiger partial charge in [0.2, 0.25) is 0 Å². The normalized spacial score (nSPS) is 13.9. The third-order valence-electron chi connectivity index (χ3n) is 2.12. The fourth-order valence-corrected chi connectivity index (χ4v) is 1.36. The van der Waals surface area contributed by atoms with E-state index < -0.39 is 0 Å². The predicted molar refractivity (Wildman–Crippen MR) is 76.9 cm³/mol. The van der Waals surface area contributed by atoms with Crippen molar-refractivity contribution < 1.29 is 9.53 Å². The lowest BCUT2D eigenvalue weighted by Gasteiger charge is -2.00. The second-order valence-electron chi connectivity index (χ2n) is 4.18. The zero-order valence-electron chi connectivity index (χ0n) is 11.9. The number of hydrogen-bond acceptors (Lipinski definition) is 3. The topological polar surface area (TPSA) is 38.7 Å². The van der Waals surface area contributed by atoms with E-state index >= 15 is 0 Å². The maximum atomic E-state index is 10.8. The van der Waals surface area contributed by atoms with Crippen molar-refractivity contribution in [3.05, 3.63) is 36.0 Å². The molecule has 0 atom stereocenters. The van der Waals surface area contributed by atoms with Crippen LogP contribution in [0, 0.1) is 0 Å². The zero-order chi connectivity index (χ0) is 14.0. The van der Waals surface area contributed by atoms with Gasteiger partial charge in [-0.15, -0.1) is 0 Å². The minimum Gasteiger partial charge on any atom is -0.466 e. The molecule has 0 aliphatic rings. The minimum absolute atomic E-state index is 0.308. The van der Waals surface area contributed by atoms with Crippen LogP contribution in [0.25, 0.3) is 0 Å². The molecule has 3 heteroatoms. The molecule has 0 spiro atoms. The van der Waals surface area contributed by atoms with Crippen molar-refractivity contribution in [2.24, 2.45) is 4.99 Å². The molecule has 18 heavy (non-hydrogen) atoms. The first-order valence-electron chi connectivity index (χ1n) is 6.17. The van der Waals surface area contributed by atoms with E-state index in [0.29, 0.717) is 6.04 Å². The van der Waals surface area contributed by atoms with E-state index in [9.17, 15) is 4.79 Å². The number of allylic oxidation sites excluding steroid dienone is 5. The number of rotatable bonds is 6. The summed E-state index contributed by atoms with van der Waals surface area (Å²) < 4.78 is 4.50. The highest BCUT2D eigenvalue weighted by atomic mass is 16.5. The Bertz CT molecular complexity index is 374. The van der Waals surface area contributed by atoms with Crippen LogP contribution >= 0.6 is 0 Å². The third kappa shape index (κ3) is 8.50. The molecule has 0 aromatic heterocycles. The number of ether oxygens (including phenoxy) is 1. The summed E-state index contributed by atoms with van der Waals surface area (Å²) in [4.78, 5) is 15.3. The summed E-state index contributed by atoms with van der Waals surface area (Å²) in [5.74, 6) is -0.348. The van der Waals surface area contributed by atoms with E-state index in [4.69, 9.17) is 0 Å². The molecule has 0 N–H and O–H groups in total. The molecule has 0 amide bonds. The van der Waals surface area contributed by atoms with E-state index in [0.717, 1.165) is 12.1 Å². The second-order valence-corrected chi connectivity index (χ2v) is 4.18. The molecule has 0 unspecified atom stereocenters. The van der Waals surface area contributed by atoms with Gasteiger partial charge in [0.1, 0.15) is 0 Å². The molecule has 0 aliphatic carbocycles. The molecule has 3 nitrogen and oxygen atoms in total. The lowest BCUT2D eigenvalue weighted by atomic mass is 10.1. The molecule has 0 heterocycles. The van der Waals surface area contributed by atoms with Gasteiger partial charge in [0.05, 0.1) is 7.11 Å². The Morgan fingerprint density at radius 1 is 1.28 bits per heavy atom. The van der Waals surface area contributed by atoms with Crippen LogP contribution in [0.5, 0.6) is 0 Å². The molecule has 0 saturated carbocycles. The fraction of sp³-hybridized carbons (Fsp3) is 0.467. The summed E-state index contributed by atoms with van der Waals surface area (Å²) in [6.45, 7) is 8.19. The Kier molecular flexibility index (Phi) is 8.54. The highest BCUT2D eigenvalue weighted by Crippen LogP contribution is 2.04. The van der Waals surface area contributed by atoms with Crippen molar-refractivity contribution in [2.75, 3.05) is 7.11 Å². The van der Waals surface area contributed by atoms with Crippen LogP contribution in [0.4, 0.5) is 0 Å². The molecule has 0 radical (unpaired) electrons. The maximum absolute atomic E-state index is 10.8. The zero-order valence-corrected chi connectivity index (χ0v) is 11.9. The number of carbonyl (C=O) groups is 1. The number of methoxy groups -OCH3 is 1. The standard InChI is InChI=1S/C15H23NO2/c1-6-14(11-13(4)16-12(2)3)9-7-8-10-15(17)18-5/h7-12H,6H2,1-5H3/b9-7+,10-8+,14-11+,16-13?. The quantitative estimate of drug-likeness (QED) is 0.313. The smallest absolute Gasteiger partial charge is 0.330 e.